The monoisotopic (exact) mass is 298 g/mol. The summed E-state index contributed by atoms with van der Waals surface area (Å²) in [6, 6.07) is 5.84. The molecule has 0 bridgehead atoms. The summed E-state index contributed by atoms with van der Waals surface area (Å²) >= 11 is 5.02. The van der Waals surface area contributed by atoms with Gasteiger partial charge in [0.15, 0.2) is 9.84 Å². The van der Waals surface area contributed by atoms with Crippen LogP contribution in [0.5, 0.6) is 0 Å². The Morgan fingerprint density at radius 1 is 1.53 bits per heavy atom. The molecule has 3 N–H and O–H groups in total. The predicted octanol–water partition coefficient (Wildman–Crippen LogP) is 1.48. The van der Waals surface area contributed by atoms with Crippen LogP contribution in [0.25, 0.3) is 0 Å². The van der Waals surface area contributed by atoms with Gasteiger partial charge in [-0.15, -0.1) is 0 Å². The molecule has 1 unspecified atom stereocenters. The van der Waals surface area contributed by atoms with E-state index in [2.05, 4.69) is 5.32 Å². The average Bonchev–Trinajstić information content (AvgIpc) is 2.66. The van der Waals surface area contributed by atoms with Gasteiger partial charge in [0.2, 0.25) is 0 Å². The molecular weight excluding hydrogens is 280 g/mol. The van der Waals surface area contributed by atoms with Crippen molar-refractivity contribution in [3.8, 4) is 0 Å². The summed E-state index contributed by atoms with van der Waals surface area (Å²) in [5, 5.41) is 3.28. The van der Waals surface area contributed by atoms with E-state index in [0.717, 1.165) is 23.2 Å². The van der Waals surface area contributed by atoms with Crippen LogP contribution in [-0.4, -0.2) is 31.5 Å². The summed E-state index contributed by atoms with van der Waals surface area (Å²) in [6.07, 6.45) is 0.726. The fourth-order valence-electron chi connectivity index (χ4n) is 2.31. The van der Waals surface area contributed by atoms with Gasteiger partial charge in [0.25, 0.3) is 0 Å². The van der Waals surface area contributed by atoms with Crippen molar-refractivity contribution in [3.05, 3.63) is 29.3 Å². The fourth-order valence-corrected chi connectivity index (χ4v) is 4.35. The third kappa shape index (κ3) is 3.67. The first-order chi connectivity index (χ1) is 8.87. The Balaban J connectivity index is 2.07. The lowest BCUT2D eigenvalue weighted by molar-refractivity contribution is 0.596. The molecule has 0 amide bonds. The normalized spacial score (nSPS) is 21.2. The Kier molecular flexibility index (Phi) is 4.10. The van der Waals surface area contributed by atoms with Crippen LogP contribution in [-0.2, 0) is 9.84 Å². The van der Waals surface area contributed by atoms with Crippen molar-refractivity contribution >= 4 is 32.7 Å². The number of nitrogens with one attached hydrogen (secondary N) is 1. The molecule has 1 aromatic rings. The number of thiocarbonyl (C=S) groups is 1. The minimum Gasteiger partial charge on any atom is -0.389 e. The molecule has 6 heteroatoms. The van der Waals surface area contributed by atoms with Gasteiger partial charge in [-0.2, -0.15) is 0 Å². The second-order valence-electron chi connectivity index (χ2n) is 5.06. The van der Waals surface area contributed by atoms with E-state index in [1.54, 1.807) is 0 Å². The number of sulfone groups is 1. The molecule has 1 aromatic carbocycles. The van der Waals surface area contributed by atoms with Gasteiger partial charge in [-0.1, -0.05) is 18.3 Å². The maximum Gasteiger partial charge on any atom is 0.150 e. The molecule has 1 fully saturated rings. The van der Waals surface area contributed by atoms with Crippen molar-refractivity contribution in [1.29, 1.82) is 0 Å². The van der Waals surface area contributed by atoms with Crippen molar-refractivity contribution in [2.24, 2.45) is 11.7 Å². The Morgan fingerprint density at radius 3 is 2.84 bits per heavy atom. The zero-order chi connectivity index (χ0) is 14.0. The summed E-state index contributed by atoms with van der Waals surface area (Å²) in [5.74, 6) is 0.744. The van der Waals surface area contributed by atoms with E-state index in [1.165, 1.54) is 0 Å². The molecule has 1 atom stereocenters. The summed E-state index contributed by atoms with van der Waals surface area (Å²) in [7, 11) is -2.82. The highest BCUT2D eigenvalue weighted by atomic mass is 32.2. The summed E-state index contributed by atoms with van der Waals surface area (Å²) in [5.41, 5.74) is 8.49. The van der Waals surface area contributed by atoms with E-state index in [4.69, 9.17) is 18.0 Å². The van der Waals surface area contributed by atoms with Crippen LogP contribution in [0, 0.1) is 12.8 Å². The zero-order valence-electron chi connectivity index (χ0n) is 10.8. The SMILES string of the molecule is Cc1ccc(C(N)=S)c(NCC2CCS(=O)(=O)C2)c1. The van der Waals surface area contributed by atoms with Gasteiger partial charge in [0.05, 0.1) is 11.5 Å². The quantitative estimate of drug-likeness (QED) is 0.824. The van der Waals surface area contributed by atoms with E-state index in [9.17, 15) is 8.42 Å². The number of aryl methyl sites for hydroxylation is 1. The maximum absolute atomic E-state index is 11.4. The van der Waals surface area contributed by atoms with Crippen molar-refractivity contribution in [3.63, 3.8) is 0 Å². The van der Waals surface area contributed by atoms with Gasteiger partial charge < -0.3 is 11.1 Å². The van der Waals surface area contributed by atoms with Crippen molar-refractivity contribution in [1.82, 2.24) is 0 Å². The molecule has 1 aliphatic heterocycles. The van der Waals surface area contributed by atoms with Crippen molar-refractivity contribution < 1.29 is 8.42 Å². The third-order valence-corrected chi connectivity index (χ3v) is 5.41. The lowest BCUT2D eigenvalue weighted by atomic mass is 10.1. The first-order valence-electron chi connectivity index (χ1n) is 6.22. The van der Waals surface area contributed by atoms with Crippen LogP contribution in [0.4, 0.5) is 5.69 Å². The van der Waals surface area contributed by atoms with E-state index < -0.39 is 9.84 Å². The summed E-state index contributed by atoms with van der Waals surface area (Å²) in [6.45, 7) is 2.63. The Labute approximate surface area is 119 Å². The largest absolute Gasteiger partial charge is 0.389 e. The second kappa shape index (κ2) is 5.46. The van der Waals surface area contributed by atoms with Crippen molar-refractivity contribution in [2.75, 3.05) is 23.4 Å². The molecule has 0 radical (unpaired) electrons. The summed E-state index contributed by atoms with van der Waals surface area (Å²) in [4.78, 5) is 0.349. The molecule has 1 aliphatic rings. The van der Waals surface area contributed by atoms with Crippen LogP contribution >= 0.6 is 12.2 Å². The third-order valence-electron chi connectivity index (χ3n) is 3.35. The van der Waals surface area contributed by atoms with Crippen molar-refractivity contribution in [2.45, 2.75) is 13.3 Å². The Hall–Kier alpha value is -1.14. The summed E-state index contributed by atoms with van der Waals surface area (Å²) < 4.78 is 22.8. The number of hydrogen-bond acceptors (Lipinski definition) is 4. The topological polar surface area (TPSA) is 72.2 Å². The first kappa shape index (κ1) is 14.3. The highest BCUT2D eigenvalue weighted by Gasteiger charge is 2.27. The fraction of sp³-hybridized carbons (Fsp3) is 0.462. The highest BCUT2D eigenvalue weighted by Crippen LogP contribution is 2.22. The van der Waals surface area contributed by atoms with E-state index in [0.29, 0.717) is 17.3 Å². The minimum atomic E-state index is -2.82. The van der Waals surface area contributed by atoms with Gasteiger partial charge in [0.1, 0.15) is 4.99 Å². The number of nitrogens with two attached hydrogens (primary N) is 1. The standard InChI is InChI=1S/C13H18N2O2S2/c1-9-2-3-11(13(14)18)12(6-9)15-7-10-4-5-19(16,17)8-10/h2-3,6,10,15H,4-5,7-8H2,1H3,(H2,14,18). The molecule has 1 heterocycles. The Morgan fingerprint density at radius 2 is 2.26 bits per heavy atom. The highest BCUT2D eigenvalue weighted by molar-refractivity contribution is 7.91. The van der Waals surface area contributed by atoms with Crippen LogP contribution in [0.3, 0.4) is 0 Å². The van der Waals surface area contributed by atoms with Crippen LogP contribution in [0.1, 0.15) is 17.5 Å². The van der Waals surface area contributed by atoms with Crippen LogP contribution in [0.2, 0.25) is 0 Å². The van der Waals surface area contributed by atoms with Gasteiger partial charge in [-0.25, -0.2) is 8.42 Å². The molecule has 4 nitrogen and oxygen atoms in total. The lowest BCUT2D eigenvalue weighted by Gasteiger charge is -2.15. The molecule has 19 heavy (non-hydrogen) atoms. The van der Waals surface area contributed by atoms with Gasteiger partial charge in [-0.05, 0) is 37.0 Å². The lowest BCUT2D eigenvalue weighted by Crippen LogP contribution is -2.19. The van der Waals surface area contributed by atoms with E-state index in [-0.39, 0.29) is 11.7 Å². The minimum absolute atomic E-state index is 0.171. The van der Waals surface area contributed by atoms with Gasteiger partial charge >= 0.3 is 0 Å². The van der Waals surface area contributed by atoms with Crippen LogP contribution < -0.4 is 11.1 Å². The molecule has 104 valence electrons. The van der Waals surface area contributed by atoms with E-state index in [1.807, 2.05) is 25.1 Å². The van der Waals surface area contributed by atoms with Gasteiger partial charge in [-0.3, -0.25) is 0 Å². The molecule has 0 aromatic heterocycles. The Bertz CT molecular complexity index is 597. The molecule has 1 saturated heterocycles. The molecule has 0 saturated carbocycles. The maximum atomic E-state index is 11.4. The zero-order valence-corrected chi connectivity index (χ0v) is 12.5. The molecule has 2 rings (SSSR count). The smallest absolute Gasteiger partial charge is 0.150 e. The number of hydrogen-bond donors (Lipinski definition) is 2. The predicted molar refractivity (Wildman–Crippen MR) is 82.3 cm³/mol. The number of rotatable bonds is 4. The molecule has 0 aliphatic carbocycles. The number of benzene rings is 1. The van der Waals surface area contributed by atoms with Crippen LogP contribution in [0.15, 0.2) is 18.2 Å². The van der Waals surface area contributed by atoms with Gasteiger partial charge in [0, 0.05) is 17.8 Å². The van der Waals surface area contributed by atoms with E-state index >= 15 is 0 Å². The first-order valence-corrected chi connectivity index (χ1v) is 8.45. The second-order valence-corrected chi connectivity index (χ2v) is 7.73. The molecule has 0 spiro atoms. The number of anilines is 1. The molecular formula is C13H18N2O2S2. The average molecular weight is 298 g/mol.